The van der Waals surface area contributed by atoms with Gasteiger partial charge in [0.15, 0.2) is 9.84 Å². The molecule has 7 nitrogen and oxygen atoms in total. The van der Waals surface area contributed by atoms with Crippen LogP contribution in [0, 0.1) is 5.92 Å². The minimum atomic E-state index is -3.08. The normalized spacial score (nSPS) is 23.2. The van der Waals surface area contributed by atoms with Crippen LogP contribution in [0.3, 0.4) is 0 Å². The van der Waals surface area contributed by atoms with Crippen LogP contribution in [0.25, 0.3) is 0 Å². The van der Waals surface area contributed by atoms with Gasteiger partial charge in [0, 0.05) is 24.7 Å². The quantitative estimate of drug-likeness (QED) is 0.811. The fourth-order valence-electron chi connectivity index (χ4n) is 3.76. The number of amides is 2. The van der Waals surface area contributed by atoms with Gasteiger partial charge in [-0.25, -0.2) is 8.42 Å². The Bertz CT molecular complexity index is 1010. The van der Waals surface area contributed by atoms with Crippen molar-refractivity contribution in [1.82, 2.24) is 4.90 Å². The number of nitrogens with one attached hydrogen (secondary N) is 1. The predicted octanol–water partition coefficient (Wildman–Crippen LogP) is 2.45. The van der Waals surface area contributed by atoms with Crippen LogP contribution in [0.1, 0.15) is 12.8 Å². The number of hydrogen-bond acceptors (Lipinski definition) is 5. The summed E-state index contributed by atoms with van der Waals surface area (Å²) in [6, 6.07) is 16.1. The van der Waals surface area contributed by atoms with Gasteiger partial charge < -0.3 is 15.0 Å². The molecule has 0 bridgehead atoms. The zero-order valence-corrected chi connectivity index (χ0v) is 16.6. The SMILES string of the molecule is O=C(Nc1ccc(Oc2ccccc2)cc1)[C@H]1CC(=O)N([C@@H]2CCS(=O)(=O)C2)C1. The molecule has 29 heavy (non-hydrogen) atoms. The molecule has 8 heteroatoms. The first kappa shape index (κ1) is 19.4. The Labute approximate surface area is 169 Å². The van der Waals surface area contributed by atoms with E-state index < -0.39 is 15.8 Å². The first-order chi connectivity index (χ1) is 13.9. The van der Waals surface area contributed by atoms with E-state index in [9.17, 15) is 18.0 Å². The van der Waals surface area contributed by atoms with Crippen molar-refractivity contribution in [1.29, 1.82) is 0 Å². The van der Waals surface area contributed by atoms with E-state index in [1.165, 1.54) is 0 Å². The van der Waals surface area contributed by atoms with E-state index >= 15 is 0 Å². The van der Waals surface area contributed by atoms with E-state index in [4.69, 9.17) is 4.74 Å². The summed E-state index contributed by atoms with van der Waals surface area (Å²) in [5.41, 5.74) is 0.616. The highest BCUT2D eigenvalue weighted by Crippen LogP contribution is 2.28. The summed E-state index contributed by atoms with van der Waals surface area (Å²) in [6.07, 6.45) is 0.558. The first-order valence-electron chi connectivity index (χ1n) is 9.53. The molecule has 2 aromatic rings. The van der Waals surface area contributed by atoms with Crippen LogP contribution < -0.4 is 10.1 Å². The lowest BCUT2D eigenvalue weighted by Gasteiger charge is -2.22. The van der Waals surface area contributed by atoms with Crippen LogP contribution in [0.4, 0.5) is 5.69 Å². The topological polar surface area (TPSA) is 92.8 Å². The molecule has 0 unspecified atom stereocenters. The van der Waals surface area contributed by atoms with Crippen LogP contribution in [-0.4, -0.2) is 49.2 Å². The Kier molecular flexibility index (Phi) is 5.27. The zero-order chi connectivity index (χ0) is 20.4. The second kappa shape index (κ2) is 7.87. The lowest BCUT2D eigenvalue weighted by molar-refractivity contribution is -0.129. The zero-order valence-electron chi connectivity index (χ0n) is 15.8. The van der Waals surface area contributed by atoms with Crippen molar-refractivity contribution < 1.29 is 22.7 Å². The van der Waals surface area contributed by atoms with Gasteiger partial charge in [0.05, 0.1) is 17.4 Å². The van der Waals surface area contributed by atoms with Crippen LogP contribution in [-0.2, 0) is 19.4 Å². The number of ether oxygens (including phenoxy) is 1. The third-order valence-electron chi connectivity index (χ3n) is 5.28. The van der Waals surface area contributed by atoms with Gasteiger partial charge in [-0.1, -0.05) is 18.2 Å². The lowest BCUT2D eigenvalue weighted by Crippen LogP contribution is -2.38. The Morgan fingerprint density at radius 3 is 2.38 bits per heavy atom. The lowest BCUT2D eigenvalue weighted by atomic mass is 10.1. The van der Waals surface area contributed by atoms with E-state index in [1.807, 2.05) is 30.3 Å². The van der Waals surface area contributed by atoms with E-state index in [1.54, 1.807) is 29.2 Å². The summed E-state index contributed by atoms with van der Waals surface area (Å²) >= 11 is 0. The molecule has 0 saturated carbocycles. The van der Waals surface area contributed by atoms with Crippen molar-refractivity contribution >= 4 is 27.3 Å². The monoisotopic (exact) mass is 414 g/mol. The number of hydrogen-bond donors (Lipinski definition) is 1. The summed E-state index contributed by atoms with van der Waals surface area (Å²) in [7, 11) is -3.08. The third kappa shape index (κ3) is 4.59. The van der Waals surface area contributed by atoms with Crippen molar-refractivity contribution in [2.75, 3.05) is 23.4 Å². The molecule has 152 valence electrons. The van der Waals surface area contributed by atoms with Gasteiger partial charge in [-0.2, -0.15) is 0 Å². The highest BCUT2D eigenvalue weighted by Gasteiger charge is 2.41. The molecule has 2 fully saturated rings. The number of anilines is 1. The number of sulfone groups is 1. The van der Waals surface area contributed by atoms with E-state index in [-0.39, 0.29) is 42.3 Å². The minimum absolute atomic E-state index is 0.00401. The van der Waals surface area contributed by atoms with E-state index in [0.29, 0.717) is 17.9 Å². The number of likely N-dealkylation sites (tertiary alicyclic amines) is 1. The molecular weight excluding hydrogens is 392 g/mol. The number of nitrogens with zero attached hydrogens (tertiary/aromatic N) is 1. The van der Waals surface area contributed by atoms with Crippen molar-refractivity contribution in [3.63, 3.8) is 0 Å². The average molecular weight is 414 g/mol. The smallest absolute Gasteiger partial charge is 0.229 e. The Morgan fingerprint density at radius 2 is 1.72 bits per heavy atom. The maximum atomic E-state index is 12.6. The predicted molar refractivity (Wildman–Crippen MR) is 108 cm³/mol. The number of benzene rings is 2. The summed E-state index contributed by atoms with van der Waals surface area (Å²) < 4.78 is 29.1. The maximum Gasteiger partial charge on any atom is 0.229 e. The minimum Gasteiger partial charge on any atom is -0.457 e. The van der Waals surface area contributed by atoms with E-state index in [0.717, 1.165) is 5.75 Å². The largest absolute Gasteiger partial charge is 0.457 e. The molecule has 1 N–H and O–H groups in total. The van der Waals surface area contributed by atoms with Gasteiger partial charge >= 0.3 is 0 Å². The van der Waals surface area contributed by atoms with Crippen LogP contribution in [0.5, 0.6) is 11.5 Å². The van der Waals surface area contributed by atoms with Crippen molar-refractivity contribution in [2.45, 2.75) is 18.9 Å². The molecule has 0 spiro atoms. The molecule has 2 aliphatic heterocycles. The molecule has 2 saturated heterocycles. The standard InChI is InChI=1S/C21H22N2O5S/c24-20-12-15(13-23(20)17-10-11-29(26,27)14-17)21(25)22-16-6-8-19(9-7-16)28-18-4-2-1-3-5-18/h1-9,15,17H,10-14H2,(H,22,25)/t15-,17+/m0/s1. The van der Waals surface area contributed by atoms with Gasteiger partial charge in [0.2, 0.25) is 11.8 Å². The number of para-hydroxylation sites is 1. The van der Waals surface area contributed by atoms with Crippen LogP contribution in [0.15, 0.2) is 54.6 Å². The first-order valence-corrected chi connectivity index (χ1v) is 11.4. The molecule has 2 atom stereocenters. The van der Waals surface area contributed by atoms with Crippen LogP contribution in [0.2, 0.25) is 0 Å². The number of carbonyl (C=O) groups excluding carboxylic acids is 2. The Balaban J connectivity index is 1.34. The van der Waals surface area contributed by atoms with Gasteiger partial charge in [-0.3, -0.25) is 9.59 Å². The van der Waals surface area contributed by atoms with Gasteiger partial charge in [-0.15, -0.1) is 0 Å². The molecule has 2 aliphatic rings. The second-order valence-electron chi connectivity index (χ2n) is 7.43. The highest BCUT2D eigenvalue weighted by molar-refractivity contribution is 7.91. The van der Waals surface area contributed by atoms with Crippen molar-refractivity contribution in [3.05, 3.63) is 54.6 Å². The second-order valence-corrected chi connectivity index (χ2v) is 9.66. The van der Waals surface area contributed by atoms with Crippen LogP contribution >= 0.6 is 0 Å². The highest BCUT2D eigenvalue weighted by atomic mass is 32.2. The number of carbonyl (C=O) groups is 2. The van der Waals surface area contributed by atoms with Gasteiger partial charge in [0.1, 0.15) is 11.5 Å². The third-order valence-corrected chi connectivity index (χ3v) is 7.03. The average Bonchev–Trinajstić information content (AvgIpc) is 3.26. The van der Waals surface area contributed by atoms with Gasteiger partial charge in [0.25, 0.3) is 0 Å². The van der Waals surface area contributed by atoms with Crippen molar-refractivity contribution in [3.8, 4) is 11.5 Å². The van der Waals surface area contributed by atoms with Gasteiger partial charge in [-0.05, 0) is 42.8 Å². The fourth-order valence-corrected chi connectivity index (χ4v) is 5.49. The number of rotatable bonds is 5. The Morgan fingerprint density at radius 1 is 1.03 bits per heavy atom. The molecule has 0 aliphatic carbocycles. The maximum absolute atomic E-state index is 12.6. The van der Waals surface area contributed by atoms with Crippen molar-refractivity contribution in [2.24, 2.45) is 5.92 Å². The molecule has 2 amide bonds. The molecule has 2 heterocycles. The molecule has 4 rings (SSSR count). The molecular formula is C21H22N2O5S. The summed E-state index contributed by atoms with van der Waals surface area (Å²) in [6.45, 7) is 0.264. The molecule has 2 aromatic carbocycles. The Hall–Kier alpha value is -2.87. The molecule has 0 radical (unpaired) electrons. The fraction of sp³-hybridized carbons (Fsp3) is 0.333. The summed E-state index contributed by atoms with van der Waals surface area (Å²) in [5.74, 6) is 0.607. The van der Waals surface area contributed by atoms with E-state index in [2.05, 4.69) is 5.32 Å². The summed E-state index contributed by atoms with van der Waals surface area (Å²) in [4.78, 5) is 26.4. The molecule has 0 aromatic heterocycles. The summed E-state index contributed by atoms with van der Waals surface area (Å²) in [5, 5.41) is 2.83.